The first-order valence-electron chi connectivity index (χ1n) is 5.07. The zero-order valence-corrected chi connectivity index (χ0v) is 9.77. The van der Waals surface area contributed by atoms with E-state index < -0.39 is 5.91 Å². The van der Waals surface area contributed by atoms with Gasteiger partial charge in [0.05, 0.1) is 13.2 Å². The molecule has 1 rings (SSSR count). The summed E-state index contributed by atoms with van der Waals surface area (Å²) in [5.41, 5.74) is 8.16. The molecule has 0 aliphatic heterocycles. The standard InChI is InChI=1S/C11H16N2O4/c1-7(13-17-6-11(12)15)9-4-3-8(16-2)5-10(9)14/h3-5,7,13-14H,6H2,1-2H3,(H2,12,15). The Morgan fingerprint density at radius 1 is 1.59 bits per heavy atom. The van der Waals surface area contributed by atoms with Gasteiger partial charge in [0, 0.05) is 11.6 Å². The zero-order chi connectivity index (χ0) is 12.8. The molecular weight excluding hydrogens is 224 g/mol. The monoisotopic (exact) mass is 240 g/mol. The van der Waals surface area contributed by atoms with E-state index in [0.29, 0.717) is 11.3 Å². The number of nitrogens with two attached hydrogens (primary N) is 1. The molecular formula is C11H16N2O4. The molecule has 0 aliphatic rings. The number of phenols is 1. The van der Waals surface area contributed by atoms with Crippen molar-refractivity contribution >= 4 is 5.91 Å². The Labute approximate surface area is 99.3 Å². The Kier molecular flexibility index (Phi) is 4.74. The predicted octanol–water partition coefficient (Wildman–Crippen LogP) is 0.468. The molecule has 0 aromatic heterocycles. The maximum atomic E-state index is 10.5. The SMILES string of the molecule is COc1ccc(C(C)NOCC(N)=O)c(O)c1. The van der Waals surface area contributed by atoms with Crippen LogP contribution in [0.1, 0.15) is 18.5 Å². The summed E-state index contributed by atoms with van der Waals surface area (Å²) < 4.78 is 4.97. The van der Waals surface area contributed by atoms with Crippen LogP contribution in [0, 0.1) is 0 Å². The van der Waals surface area contributed by atoms with Gasteiger partial charge in [0.1, 0.15) is 18.1 Å². The lowest BCUT2D eigenvalue weighted by molar-refractivity contribution is -0.126. The number of hydrogen-bond donors (Lipinski definition) is 3. The number of methoxy groups -OCH3 is 1. The van der Waals surface area contributed by atoms with E-state index in [9.17, 15) is 9.90 Å². The summed E-state index contributed by atoms with van der Waals surface area (Å²) in [4.78, 5) is 15.3. The average Bonchev–Trinajstić information content (AvgIpc) is 2.28. The summed E-state index contributed by atoms with van der Waals surface area (Å²) in [6.45, 7) is 1.56. The minimum absolute atomic E-state index is 0.0898. The van der Waals surface area contributed by atoms with Crippen LogP contribution in [0.3, 0.4) is 0 Å². The summed E-state index contributed by atoms with van der Waals surface area (Å²) >= 11 is 0. The lowest BCUT2D eigenvalue weighted by Crippen LogP contribution is -2.26. The molecule has 17 heavy (non-hydrogen) atoms. The average molecular weight is 240 g/mol. The van der Waals surface area contributed by atoms with Crippen molar-refractivity contribution < 1.29 is 19.5 Å². The van der Waals surface area contributed by atoms with E-state index in [-0.39, 0.29) is 18.4 Å². The summed E-state index contributed by atoms with van der Waals surface area (Å²) in [5.74, 6) is 0.0900. The van der Waals surface area contributed by atoms with Gasteiger partial charge in [0.2, 0.25) is 5.91 Å². The second kappa shape index (κ2) is 6.07. The molecule has 1 atom stereocenters. The first kappa shape index (κ1) is 13.3. The molecule has 6 heteroatoms. The van der Waals surface area contributed by atoms with Gasteiger partial charge >= 0.3 is 0 Å². The number of primary amides is 1. The van der Waals surface area contributed by atoms with E-state index in [1.807, 2.05) is 0 Å². The minimum atomic E-state index is -0.566. The number of hydrogen-bond acceptors (Lipinski definition) is 5. The highest BCUT2D eigenvalue weighted by Gasteiger charge is 2.11. The Morgan fingerprint density at radius 2 is 2.29 bits per heavy atom. The molecule has 0 heterocycles. The van der Waals surface area contributed by atoms with E-state index in [1.54, 1.807) is 19.1 Å². The molecule has 94 valence electrons. The largest absolute Gasteiger partial charge is 0.507 e. The third-order valence-electron chi connectivity index (χ3n) is 2.18. The molecule has 1 amide bonds. The van der Waals surface area contributed by atoms with E-state index in [4.69, 9.17) is 15.3 Å². The zero-order valence-electron chi connectivity index (χ0n) is 9.77. The van der Waals surface area contributed by atoms with Gasteiger partial charge in [-0.1, -0.05) is 6.07 Å². The number of ether oxygens (including phenoxy) is 1. The number of amides is 1. The molecule has 0 saturated carbocycles. The third-order valence-corrected chi connectivity index (χ3v) is 2.18. The maximum absolute atomic E-state index is 10.5. The summed E-state index contributed by atoms with van der Waals surface area (Å²) in [6.07, 6.45) is 0. The Morgan fingerprint density at radius 3 is 2.82 bits per heavy atom. The number of rotatable bonds is 6. The number of aromatic hydroxyl groups is 1. The molecule has 0 bridgehead atoms. The van der Waals surface area contributed by atoms with Crippen molar-refractivity contribution in [3.05, 3.63) is 23.8 Å². The number of benzene rings is 1. The first-order chi connectivity index (χ1) is 8.04. The van der Waals surface area contributed by atoms with Crippen molar-refractivity contribution in [2.75, 3.05) is 13.7 Å². The van der Waals surface area contributed by atoms with Gasteiger partial charge in [-0.2, -0.15) is 5.48 Å². The van der Waals surface area contributed by atoms with Gasteiger partial charge < -0.3 is 15.6 Å². The molecule has 1 aromatic rings. The second-order valence-corrected chi connectivity index (χ2v) is 3.52. The quantitative estimate of drug-likeness (QED) is 0.628. The van der Waals surface area contributed by atoms with E-state index in [2.05, 4.69) is 5.48 Å². The highest BCUT2D eigenvalue weighted by atomic mass is 16.6. The number of carbonyl (C=O) groups is 1. The van der Waals surface area contributed by atoms with Crippen LogP contribution in [0.25, 0.3) is 0 Å². The molecule has 1 aromatic carbocycles. The van der Waals surface area contributed by atoms with Crippen LogP contribution in [-0.4, -0.2) is 24.7 Å². The lowest BCUT2D eigenvalue weighted by atomic mass is 10.1. The number of phenolic OH excluding ortho intramolecular Hbond substituents is 1. The lowest BCUT2D eigenvalue weighted by Gasteiger charge is -2.15. The smallest absolute Gasteiger partial charge is 0.245 e. The van der Waals surface area contributed by atoms with Gasteiger partial charge in [-0.25, -0.2) is 0 Å². The van der Waals surface area contributed by atoms with Crippen molar-refractivity contribution in [2.24, 2.45) is 5.73 Å². The highest BCUT2D eigenvalue weighted by Crippen LogP contribution is 2.28. The molecule has 4 N–H and O–H groups in total. The van der Waals surface area contributed by atoms with Gasteiger partial charge in [0.25, 0.3) is 0 Å². The summed E-state index contributed by atoms with van der Waals surface area (Å²) in [6, 6.07) is 4.66. The van der Waals surface area contributed by atoms with Crippen LogP contribution in [0.4, 0.5) is 0 Å². The van der Waals surface area contributed by atoms with Crippen molar-refractivity contribution in [3.63, 3.8) is 0 Å². The number of carbonyl (C=O) groups excluding carboxylic acids is 1. The van der Waals surface area contributed by atoms with Gasteiger partial charge in [0.15, 0.2) is 0 Å². The number of nitrogens with one attached hydrogen (secondary N) is 1. The van der Waals surface area contributed by atoms with Crippen molar-refractivity contribution in [2.45, 2.75) is 13.0 Å². The van der Waals surface area contributed by atoms with Gasteiger partial charge in [-0.15, -0.1) is 0 Å². The Hall–Kier alpha value is -1.79. The maximum Gasteiger partial charge on any atom is 0.245 e. The first-order valence-corrected chi connectivity index (χ1v) is 5.07. The molecule has 0 saturated heterocycles. The van der Waals surface area contributed by atoms with Crippen molar-refractivity contribution in [3.8, 4) is 11.5 Å². The minimum Gasteiger partial charge on any atom is -0.507 e. The molecule has 6 nitrogen and oxygen atoms in total. The van der Waals surface area contributed by atoms with Crippen LogP contribution in [0.15, 0.2) is 18.2 Å². The Bertz CT molecular complexity index is 395. The van der Waals surface area contributed by atoms with Crippen molar-refractivity contribution in [1.29, 1.82) is 0 Å². The topological polar surface area (TPSA) is 93.8 Å². The molecule has 0 spiro atoms. The van der Waals surface area contributed by atoms with Crippen LogP contribution < -0.4 is 16.0 Å². The third kappa shape index (κ3) is 3.93. The van der Waals surface area contributed by atoms with E-state index >= 15 is 0 Å². The van der Waals surface area contributed by atoms with Crippen LogP contribution >= 0.6 is 0 Å². The van der Waals surface area contributed by atoms with Crippen LogP contribution in [0.5, 0.6) is 11.5 Å². The fourth-order valence-electron chi connectivity index (χ4n) is 1.32. The van der Waals surface area contributed by atoms with Gasteiger partial charge in [-0.3, -0.25) is 9.63 Å². The van der Waals surface area contributed by atoms with Crippen LogP contribution in [0.2, 0.25) is 0 Å². The normalized spacial score (nSPS) is 12.1. The van der Waals surface area contributed by atoms with E-state index in [0.717, 1.165) is 0 Å². The molecule has 0 radical (unpaired) electrons. The Balaban J connectivity index is 2.62. The van der Waals surface area contributed by atoms with Crippen LogP contribution in [-0.2, 0) is 9.63 Å². The fourth-order valence-corrected chi connectivity index (χ4v) is 1.32. The predicted molar refractivity (Wildman–Crippen MR) is 61.4 cm³/mol. The molecule has 0 fully saturated rings. The van der Waals surface area contributed by atoms with E-state index in [1.165, 1.54) is 13.2 Å². The van der Waals surface area contributed by atoms with Crippen molar-refractivity contribution in [1.82, 2.24) is 5.48 Å². The second-order valence-electron chi connectivity index (χ2n) is 3.52. The highest BCUT2D eigenvalue weighted by molar-refractivity contribution is 5.74. The molecule has 0 aliphatic carbocycles. The number of hydroxylamine groups is 1. The summed E-state index contributed by atoms with van der Waals surface area (Å²) in [5, 5.41) is 9.73. The fraction of sp³-hybridized carbons (Fsp3) is 0.364. The van der Waals surface area contributed by atoms with Gasteiger partial charge in [-0.05, 0) is 13.0 Å². The summed E-state index contributed by atoms with van der Waals surface area (Å²) in [7, 11) is 1.52. The molecule has 1 unspecified atom stereocenters.